The summed E-state index contributed by atoms with van der Waals surface area (Å²) in [5.41, 5.74) is 0. The first-order valence-corrected chi connectivity index (χ1v) is 4.09. The van der Waals surface area contributed by atoms with Crippen molar-refractivity contribution in [1.82, 2.24) is 5.32 Å². The number of hydrogen-bond acceptors (Lipinski definition) is 1. The molecule has 0 aromatic heterocycles. The normalized spacial score (nSPS) is 25.9. The van der Waals surface area contributed by atoms with Crippen LogP contribution in [0.1, 0.15) is 32.1 Å². The summed E-state index contributed by atoms with van der Waals surface area (Å²) in [6.45, 7) is 0. The highest BCUT2D eigenvalue weighted by atomic mass is 14.8. The average molecular weight is 137 g/mol. The molecule has 0 spiro atoms. The van der Waals surface area contributed by atoms with Crippen LogP contribution in [0.4, 0.5) is 0 Å². The minimum atomic E-state index is 0.459. The van der Waals surface area contributed by atoms with Crippen molar-refractivity contribution in [2.24, 2.45) is 0 Å². The van der Waals surface area contributed by atoms with Gasteiger partial charge in [0.1, 0.15) is 0 Å². The maximum Gasteiger partial charge on any atom is 0.0687 e. The Bertz CT molecular complexity index is 141. The second kappa shape index (κ2) is 4.35. The summed E-state index contributed by atoms with van der Waals surface area (Å²) in [6.07, 6.45) is 6.30. The molecule has 0 amide bonds. The van der Waals surface area contributed by atoms with E-state index in [0.717, 1.165) is 6.42 Å². The Kier molecular flexibility index (Phi) is 3.32. The average Bonchev–Trinajstić information content (AvgIpc) is 1.87. The van der Waals surface area contributed by atoms with Crippen molar-refractivity contribution in [1.29, 1.82) is 0 Å². The van der Waals surface area contributed by atoms with Crippen LogP contribution in [0.2, 0.25) is 0 Å². The molecule has 0 fully saturated rings. The second-order valence-corrected chi connectivity index (χ2v) is 2.76. The van der Waals surface area contributed by atoms with Gasteiger partial charge in [-0.05, 0) is 19.9 Å². The summed E-state index contributed by atoms with van der Waals surface area (Å²) >= 11 is 0. The predicted octanol–water partition coefficient (Wildman–Crippen LogP) is 1.54. The zero-order valence-electron chi connectivity index (χ0n) is 6.61. The Hall–Kier alpha value is -0.480. The molecule has 1 rings (SSSR count). The maximum atomic E-state index is 3.21. The Balaban J connectivity index is 2.39. The highest BCUT2D eigenvalue weighted by Crippen LogP contribution is 2.07. The Labute approximate surface area is 63.2 Å². The molecule has 1 N–H and O–H groups in total. The molecule has 1 aliphatic carbocycles. The molecule has 1 heteroatoms. The van der Waals surface area contributed by atoms with Crippen LogP contribution in [0.5, 0.6) is 0 Å². The highest BCUT2D eigenvalue weighted by molar-refractivity contribution is 5.07. The zero-order valence-corrected chi connectivity index (χ0v) is 6.61. The van der Waals surface area contributed by atoms with Crippen molar-refractivity contribution in [3.8, 4) is 11.8 Å². The lowest BCUT2D eigenvalue weighted by Gasteiger charge is -2.10. The molecule has 0 aromatic rings. The Morgan fingerprint density at radius 2 is 2.20 bits per heavy atom. The van der Waals surface area contributed by atoms with E-state index in [0.29, 0.717) is 6.04 Å². The first kappa shape index (κ1) is 7.63. The monoisotopic (exact) mass is 137 g/mol. The van der Waals surface area contributed by atoms with E-state index in [1.807, 2.05) is 7.05 Å². The topological polar surface area (TPSA) is 12.0 Å². The lowest BCUT2D eigenvalue weighted by Crippen LogP contribution is -2.23. The van der Waals surface area contributed by atoms with Gasteiger partial charge in [0.2, 0.25) is 0 Å². The van der Waals surface area contributed by atoms with Crippen LogP contribution in [0.3, 0.4) is 0 Å². The molecule has 0 aromatic carbocycles. The van der Waals surface area contributed by atoms with Gasteiger partial charge >= 0.3 is 0 Å². The fourth-order valence-corrected chi connectivity index (χ4v) is 1.22. The van der Waals surface area contributed by atoms with E-state index in [1.165, 1.54) is 25.7 Å². The van der Waals surface area contributed by atoms with Crippen LogP contribution < -0.4 is 5.32 Å². The molecule has 56 valence electrons. The first-order valence-electron chi connectivity index (χ1n) is 4.09. The van der Waals surface area contributed by atoms with Gasteiger partial charge in [-0.1, -0.05) is 18.8 Å². The SMILES string of the molecule is CNC1C#CCCCCC1. The summed E-state index contributed by atoms with van der Waals surface area (Å²) < 4.78 is 0. The van der Waals surface area contributed by atoms with E-state index in [9.17, 15) is 0 Å². The van der Waals surface area contributed by atoms with Crippen molar-refractivity contribution >= 4 is 0 Å². The van der Waals surface area contributed by atoms with Gasteiger partial charge < -0.3 is 5.32 Å². The molecule has 1 atom stereocenters. The molecule has 0 radical (unpaired) electrons. The second-order valence-electron chi connectivity index (χ2n) is 2.76. The van der Waals surface area contributed by atoms with E-state index in [2.05, 4.69) is 17.2 Å². The molecular formula is C9H15N. The molecule has 10 heavy (non-hydrogen) atoms. The summed E-state index contributed by atoms with van der Waals surface area (Å²) in [5.74, 6) is 6.39. The van der Waals surface area contributed by atoms with Crippen LogP contribution >= 0.6 is 0 Å². The minimum absolute atomic E-state index is 0.459. The van der Waals surface area contributed by atoms with Crippen molar-refractivity contribution in [3.63, 3.8) is 0 Å². The highest BCUT2D eigenvalue weighted by Gasteiger charge is 2.01. The lowest BCUT2D eigenvalue weighted by atomic mass is 10.0. The van der Waals surface area contributed by atoms with Crippen molar-refractivity contribution in [2.75, 3.05) is 7.05 Å². The molecule has 0 saturated heterocycles. The molecular weight excluding hydrogens is 122 g/mol. The van der Waals surface area contributed by atoms with Gasteiger partial charge in [0.25, 0.3) is 0 Å². The number of hydrogen-bond donors (Lipinski definition) is 1. The zero-order chi connectivity index (χ0) is 7.23. The van der Waals surface area contributed by atoms with Gasteiger partial charge in [-0.2, -0.15) is 0 Å². The Morgan fingerprint density at radius 1 is 1.30 bits per heavy atom. The lowest BCUT2D eigenvalue weighted by molar-refractivity contribution is 0.559. The first-order chi connectivity index (χ1) is 4.93. The van der Waals surface area contributed by atoms with Crippen LogP contribution in [-0.2, 0) is 0 Å². The fraction of sp³-hybridized carbons (Fsp3) is 0.778. The third-order valence-electron chi connectivity index (χ3n) is 1.92. The van der Waals surface area contributed by atoms with Crippen LogP contribution in [-0.4, -0.2) is 13.1 Å². The Morgan fingerprint density at radius 3 is 3.00 bits per heavy atom. The van der Waals surface area contributed by atoms with Gasteiger partial charge in [0.15, 0.2) is 0 Å². The standard InChI is InChI=1S/C9H15N/c1-10-9-7-5-3-2-4-6-8-9/h9-10H,2-5,7H2,1H3. The number of nitrogens with one attached hydrogen (secondary N) is 1. The minimum Gasteiger partial charge on any atom is -0.307 e. The van der Waals surface area contributed by atoms with Gasteiger partial charge in [0.05, 0.1) is 6.04 Å². The van der Waals surface area contributed by atoms with Crippen LogP contribution in [0.15, 0.2) is 0 Å². The van der Waals surface area contributed by atoms with Crippen molar-refractivity contribution in [3.05, 3.63) is 0 Å². The fourth-order valence-electron chi connectivity index (χ4n) is 1.22. The quantitative estimate of drug-likeness (QED) is 0.541. The molecule has 0 bridgehead atoms. The van der Waals surface area contributed by atoms with Crippen LogP contribution in [0, 0.1) is 11.8 Å². The maximum absolute atomic E-state index is 3.21. The van der Waals surface area contributed by atoms with E-state index in [1.54, 1.807) is 0 Å². The largest absolute Gasteiger partial charge is 0.307 e. The summed E-state index contributed by atoms with van der Waals surface area (Å²) in [4.78, 5) is 0. The smallest absolute Gasteiger partial charge is 0.0687 e. The third kappa shape index (κ3) is 2.41. The number of rotatable bonds is 1. The molecule has 1 unspecified atom stereocenters. The van der Waals surface area contributed by atoms with Gasteiger partial charge in [-0.3, -0.25) is 0 Å². The molecule has 1 nitrogen and oxygen atoms in total. The van der Waals surface area contributed by atoms with Crippen molar-refractivity contribution in [2.45, 2.75) is 38.1 Å². The van der Waals surface area contributed by atoms with E-state index in [-0.39, 0.29) is 0 Å². The summed E-state index contributed by atoms with van der Waals surface area (Å²) in [7, 11) is 1.99. The molecule has 0 saturated carbocycles. The van der Waals surface area contributed by atoms with Gasteiger partial charge in [-0.15, -0.1) is 5.92 Å². The van der Waals surface area contributed by atoms with E-state index >= 15 is 0 Å². The third-order valence-corrected chi connectivity index (χ3v) is 1.92. The van der Waals surface area contributed by atoms with E-state index < -0.39 is 0 Å². The molecule has 0 aliphatic heterocycles. The van der Waals surface area contributed by atoms with Gasteiger partial charge in [-0.25, -0.2) is 0 Å². The van der Waals surface area contributed by atoms with E-state index in [4.69, 9.17) is 0 Å². The van der Waals surface area contributed by atoms with Crippen LogP contribution in [0.25, 0.3) is 0 Å². The summed E-state index contributed by atoms with van der Waals surface area (Å²) in [5, 5.41) is 3.20. The van der Waals surface area contributed by atoms with Crippen molar-refractivity contribution < 1.29 is 0 Å². The molecule has 0 heterocycles. The predicted molar refractivity (Wildman–Crippen MR) is 43.7 cm³/mol. The van der Waals surface area contributed by atoms with Gasteiger partial charge in [0, 0.05) is 6.42 Å². The summed E-state index contributed by atoms with van der Waals surface area (Å²) in [6, 6.07) is 0.459. The molecule has 1 aliphatic rings.